The number of benzene rings is 1. The largest absolute Gasteiger partial charge is 0.593 e. The van der Waals surface area contributed by atoms with E-state index in [1.807, 2.05) is 6.92 Å². The van der Waals surface area contributed by atoms with Gasteiger partial charge >= 0.3 is 0 Å². The molecule has 3 heterocycles. The van der Waals surface area contributed by atoms with Crippen molar-refractivity contribution in [2.75, 3.05) is 12.8 Å². The zero-order chi connectivity index (χ0) is 20.1. The molecule has 1 fully saturated rings. The second-order valence-electron chi connectivity index (χ2n) is 6.48. The van der Waals surface area contributed by atoms with Crippen molar-refractivity contribution in [3.8, 4) is 22.2 Å². The molecule has 2 atom stereocenters. The predicted molar refractivity (Wildman–Crippen MR) is 107 cm³/mol. The lowest BCUT2D eigenvalue weighted by atomic mass is 10.0. The zero-order valence-corrected chi connectivity index (χ0v) is 17.2. The average Bonchev–Trinajstić information content (AvgIpc) is 3.27. The molecule has 2 N–H and O–H groups in total. The van der Waals surface area contributed by atoms with E-state index in [9.17, 15) is 8.94 Å². The zero-order valence-electron chi connectivity index (χ0n) is 14.8. The van der Waals surface area contributed by atoms with E-state index < -0.39 is 16.9 Å². The van der Waals surface area contributed by atoms with Gasteiger partial charge in [-0.3, -0.25) is 5.41 Å². The molecule has 3 aromatic rings. The third-order valence-electron chi connectivity index (χ3n) is 4.34. The molecule has 0 amide bonds. The van der Waals surface area contributed by atoms with Gasteiger partial charge in [-0.1, -0.05) is 11.6 Å². The van der Waals surface area contributed by atoms with Crippen molar-refractivity contribution in [1.29, 1.82) is 5.41 Å². The first-order valence-corrected chi connectivity index (χ1v) is 10.6. The van der Waals surface area contributed by atoms with Crippen LogP contribution in [0.3, 0.4) is 0 Å². The Morgan fingerprint density at radius 2 is 2.04 bits per heavy atom. The molecule has 1 aliphatic heterocycles. The Morgan fingerprint density at radius 1 is 1.36 bits per heavy atom. The lowest BCUT2D eigenvalue weighted by Gasteiger charge is -2.39. The van der Waals surface area contributed by atoms with Gasteiger partial charge in [-0.05, 0) is 37.3 Å². The smallest absolute Gasteiger partial charge is 0.258 e. The summed E-state index contributed by atoms with van der Waals surface area (Å²) in [4.78, 5) is 1.39. The Balaban J connectivity index is 1.65. The van der Waals surface area contributed by atoms with E-state index in [1.54, 1.807) is 25.2 Å². The van der Waals surface area contributed by atoms with Crippen LogP contribution in [0.4, 0.5) is 4.39 Å². The number of nitrogens with zero attached hydrogens (tertiary/aromatic N) is 3. The Labute approximate surface area is 172 Å². The second-order valence-corrected chi connectivity index (χ2v) is 9.41. The van der Waals surface area contributed by atoms with Crippen molar-refractivity contribution in [2.45, 2.75) is 12.5 Å². The summed E-state index contributed by atoms with van der Waals surface area (Å²) in [7, 11) is 1.60. The van der Waals surface area contributed by atoms with Crippen LogP contribution in [0.1, 0.15) is 11.8 Å². The minimum absolute atomic E-state index is 0.0643. The molecule has 1 saturated heterocycles. The summed E-state index contributed by atoms with van der Waals surface area (Å²) in [5, 5.41) is 19.6. The number of hydrogen-bond acceptors (Lipinski definition) is 6. The van der Waals surface area contributed by atoms with Crippen LogP contribution in [-0.2, 0) is 16.9 Å². The van der Waals surface area contributed by atoms with Crippen LogP contribution in [0.25, 0.3) is 22.2 Å². The van der Waals surface area contributed by atoms with Crippen molar-refractivity contribution in [1.82, 2.24) is 19.8 Å². The summed E-state index contributed by atoms with van der Waals surface area (Å²) >= 11 is 6.44. The van der Waals surface area contributed by atoms with Crippen molar-refractivity contribution in [3.63, 3.8) is 0 Å². The van der Waals surface area contributed by atoms with Crippen LogP contribution in [0.15, 0.2) is 34.7 Å². The number of nitrogens with one attached hydrogen (secondary N) is 2. The fraction of sp³-hybridized carbons (Fsp3) is 0.235. The van der Waals surface area contributed by atoms with Crippen molar-refractivity contribution >= 4 is 40.3 Å². The van der Waals surface area contributed by atoms with Crippen LogP contribution in [0.2, 0.25) is 5.02 Å². The van der Waals surface area contributed by atoms with Gasteiger partial charge in [-0.2, -0.15) is 4.31 Å². The summed E-state index contributed by atoms with van der Waals surface area (Å²) in [6.07, 6.45) is 0. The molecule has 0 spiro atoms. The van der Waals surface area contributed by atoms with E-state index in [-0.39, 0.29) is 29.3 Å². The molecule has 1 aromatic carbocycles. The molecule has 28 heavy (non-hydrogen) atoms. The van der Waals surface area contributed by atoms with Gasteiger partial charge < -0.3 is 14.3 Å². The van der Waals surface area contributed by atoms with E-state index in [4.69, 9.17) is 21.4 Å². The van der Waals surface area contributed by atoms with Crippen molar-refractivity contribution < 1.29 is 13.4 Å². The van der Waals surface area contributed by atoms with Crippen LogP contribution in [-0.4, -0.2) is 37.8 Å². The highest BCUT2D eigenvalue weighted by molar-refractivity contribution is 7.89. The van der Waals surface area contributed by atoms with Crippen LogP contribution in [0.5, 0.6) is 0 Å². The summed E-state index contributed by atoms with van der Waals surface area (Å²) in [6.45, 7) is 1.85. The number of halogens is 2. The molecule has 0 aliphatic carbocycles. The van der Waals surface area contributed by atoms with Gasteiger partial charge in [0, 0.05) is 5.56 Å². The van der Waals surface area contributed by atoms with Crippen LogP contribution in [0, 0.1) is 11.2 Å². The lowest BCUT2D eigenvalue weighted by Crippen LogP contribution is -2.60. The molecule has 0 bridgehead atoms. The molecule has 1 unspecified atom stereocenters. The molecule has 7 nitrogen and oxygen atoms in total. The summed E-state index contributed by atoms with van der Waals surface area (Å²) < 4.78 is 32.5. The Morgan fingerprint density at radius 3 is 2.71 bits per heavy atom. The maximum Gasteiger partial charge on any atom is 0.258 e. The van der Waals surface area contributed by atoms with E-state index >= 15 is 0 Å². The third-order valence-corrected chi connectivity index (χ3v) is 7.76. The molecule has 4 rings (SSSR count). The molecule has 0 saturated carbocycles. The molecule has 146 valence electrons. The van der Waals surface area contributed by atoms with Gasteiger partial charge in [0.25, 0.3) is 5.89 Å². The van der Waals surface area contributed by atoms with E-state index in [2.05, 4.69) is 15.5 Å². The minimum Gasteiger partial charge on any atom is -0.593 e. The lowest BCUT2D eigenvalue weighted by molar-refractivity contribution is 0.424. The third kappa shape index (κ3) is 3.37. The maximum atomic E-state index is 13.1. The highest BCUT2D eigenvalue weighted by Crippen LogP contribution is 2.42. The molecule has 0 radical (unpaired) electrons. The molecule has 11 heteroatoms. The summed E-state index contributed by atoms with van der Waals surface area (Å²) in [5.74, 6) is 0.545. The standard InChI is InChI=1S/C17H15ClFN5O2S2/c1-17(8-28(25)24(2)16(20)21-17)13-11(18)7-12(27-13)15-23-22-14(26-15)9-3-5-10(19)6-4-9/h3-7H,8H2,1-2H3,(H2,20,21)/t17-,28?/m0/s1. The van der Waals surface area contributed by atoms with E-state index in [0.29, 0.717) is 15.5 Å². The monoisotopic (exact) mass is 439 g/mol. The quantitative estimate of drug-likeness (QED) is 0.604. The molecule has 2 aromatic heterocycles. The first kappa shape index (κ1) is 19.2. The minimum atomic E-state index is -1.34. The normalized spacial score (nSPS) is 22.4. The van der Waals surface area contributed by atoms with E-state index in [0.717, 1.165) is 4.88 Å². The summed E-state index contributed by atoms with van der Waals surface area (Å²) in [5.41, 5.74) is -0.148. The van der Waals surface area contributed by atoms with Crippen molar-refractivity contribution in [3.05, 3.63) is 46.0 Å². The number of aromatic nitrogens is 2. The highest BCUT2D eigenvalue weighted by atomic mass is 35.5. The molecule has 1 aliphatic rings. The maximum absolute atomic E-state index is 13.1. The number of rotatable bonds is 3. The van der Waals surface area contributed by atoms with Gasteiger partial charge in [0.2, 0.25) is 11.9 Å². The average molecular weight is 440 g/mol. The number of hydrogen-bond donors (Lipinski definition) is 2. The number of guanidine groups is 1. The fourth-order valence-electron chi connectivity index (χ4n) is 2.83. The van der Waals surface area contributed by atoms with Gasteiger partial charge in [0.1, 0.15) is 11.4 Å². The SMILES string of the molecule is CN1C(=N)N[C@](C)(c2sc(-c3nnc(-c4ccc(F)cc4)o3)cc2Cl)C[S+]1[O-]. The molecular formula is C17H15ClFN5O2S2. The van der Waals surface area contributed by atoms with Gasteiger partial charge in [-0.15, -0.1) is 21.5 Å². The highest BCUT2D eigenvalue weighted by Gasteiger charge is 2.44. The topological polar surface area (TPSA) is 101 Å². The Hall–Kier alpha value is -2.14. The molecular weight excluding hydrogens is 425 g/mol. The number of thiophene rings is 1. The Bertz CT molecular complexity index is 1040. The first-order chi connectivity index (χ1) is 13.3. The Kier molecular flexibility index (Phi) is 4.82. The van der Waals surface area contributed by atoms with Gasteiger partial charge in [0.05, 0.1) is 33.2 Å². The summed E-state index contributed by atoms with van der Waals surface area (Å²) in [6, 6.07) is 7.47. The van der Waals surface area contributed by atoms with Crippen LogP contribution < -0.4 is 5.32 Å². The van der Waals surface area contributed by atoms with E-state index in [1.165, 1.54) is 27.8 Å². The second kappa shape index (κ2) is 7.03. The van der Waals surface area contributed by atoms with Crippen LogP contribution >= 0.6 is 22.9 Å². The van der Waals surface area contributed by atoms with Gasteiger partial charge in [-0.25, -0.2) is 4.39 Å². The predicted octanol–water partition coefficient (Wildman–Crippen LogP) is 3.61. The first-order valence-electron chi connectivity index (χ1n) is 8.15. The fourth-order valence-corrected chi connectivity index (χ4v) is 5.64. The van der Waals surface area contributed by atoms with Crippen molar-refractivity contribution in [2.24, 2.45) is 0 Å². The van der Waals surface area contributed by atoms with Gasteiger partial charge in [0.15, 0.2) is 5.75 Å².